The van der Waals surface area contributed by atoms with Gasteiger partial charge in [0, 0.05) is 16.6 Å². The lowest BCUT2D eigenvalue weighted by Crippen LogP contribution is -2.25. The Morgan fingerprint density at radius 2 is 1.58 bits per heavy atom. The van der Waals surface area contributed by atoms with Crippen molar-refractivity contribution in [1.29, 1.82) is 0 Å². The van der Waals surface area contributed by atoms with Crippen LogP contribution in [0.3, 0.4) is 0 Å². The summed E-state index contributed by atoms with van der Waals surface area (Å²) in [6, 6.07) is 21.0. The van der Waals surface area contributed by atoms with Crippen LogP contribution in [0.15, 0.2) is 66.7 Å². The number of fused-ring (bicyclic) bond motifs is 1. The van der Waals surface area contributed by atoms with E-state index >= 15 is 0 Å². The molecular formula is C27H27NO4S. The molecule has 170 valence electrons. The van der Waals surface area contributed by atoms with Crippen LogP contribution >= 0.6 is 11.3 Å². The van der Waals surface area contributed by atoms with Gasteiger partial charge in [-0.3, -0.25) is 4.90 Å². The molecule has 6 heteroatoms. The van der Waals surface area contributed by atoms with Gasteiger partial charge in [-0.1, -0.05) is 0 Å². The zero-order valence-corrected chi connectivity index (χ0v) is 19.4. The lowest BCUT2D eigenvalue weighted by molar-refractivity contribution is 0.237. The Hall–Kier alpha value is -3.22. The molecule has 2 heterocycles. The Labute approximate surface area is 197 Å². The number of phenolic OH excluding ortho intramolecular Hbond substituents is 1. The average molecular weight is 462 g/mol. The third-order valence-electron chi connectivity index (χ3n) is 5.90. The van der Waals surface area contributed by atoms with E-state index in [2.05, 4.69) is 4.90 Å². The van der Waals surface area contributed by atoms with Crippen molar-refractivity contribution in [2.75, 3.05) is 33.4 Å². The van der Waals surface area contributed by atoms with Crippen LogP contribution in [0.1, 0.15) is 12.8 Å². The molecule has 5 nitrogen and oxygen atoms in total. The zero-order valence-electron chi connectivity index (χ0n) is 18.6. The van der Waals surface area contributed by atoms with Crippen LogP contribution in [0, 0.1) is 0 Å². The van der Waals surface area contributed by atoms with Crippen molar-refractivity contribution in [3.63, 3.8) is 0 Å². The summed E-state index contributed by atoms with van der Waals surface area (Å²) in [6.45, 7) is 4.03. The molecule has 1 N–H and O–H groups in total. The van der Waals surface area contributed by atoms with Gasteiger partial charge in [-0.2, -0.15) is 0 Å². The number of rotatable bonds is 8. The van der Waals surface area contributed by atoms with Crippen molar-refractivity contribution in [3.05, 3.63) is 66.7 Å². The lowest BCUT2D eigenvalue weighted by Gasteiger charge is -2.15. The highest BCUT2D eigenvalue weighted by Gasteiger charge is 2.17. The van der Waals surface area contributed by atoms with E-state index in [1.165, 1.54) is 25.9 Å². The topological polar surface area (TPSA) is 51.2 Å². The number of likely N-dealkylation sites (tertiary alicyclic amines) is 1. The molecule has 33 heavy (non-hydrogen) atoms. The van der Waals surface area contributed by atoms with Gasteiger partial charge in [-0.05, 0) is 98.2 Å². The Balaban J connectivity index is 1.38. The highest BCUT2D eigenvalue weighted by Crippen LogP contribution is 2.47. The molecule has 0 radical (unpaired) electrons. The van der Waals surface area contributed by atoms with E-state index in [1.807, 2.05) is 54.6 Å². The molecule has 3 aromatic carbocycles. The molecule has 4 aromatic rings. The number of nitrogens with zero attached hydrogens (tertiary/aromatic N) is 1. The molecule has 0 atom stereocenters. The van der Waals surface area contributed by atoms with Crippen molar-refractivity contribution in [2.24, 2.45) is 0 Å². The highest BCUT2D eigenvalue weighted by atomic mass is 32.1. The van der Waals surface area contributed by atoms with Crippen LogP contribution in [0.5, 0.6) is 28.7 Å². The third-order valence-corrected chi connectivity index (χ3v) is 7.08. The predicted molar refractivity (Wildman–Crippen MR) is 133 cm³/mol. The molecule has 0 unspecified atom stereocenters. The van der Waals surface area contributed by atoms with E-state index in [0.717, 1.165) is 50.1 Å². The number of hydrogen-bond acceptors (Lipinski definition) is 6. The van der Waals surface area contributed by atoms with Crippen LogP contribution < -0.4 is 14.2 Å². The fourth-order valence-corrected chi connectivity index (χ4v) is 5.27. The van der Waals surface area contributed by atoms with Crippen LogP contribution in [-0.4, -0.2) is 43.4 Å². The van der Waals surface area contributed by atoms with Gasteiger partial charge in [0.1, 0.15) is 29.6 Å². The number of phenols is 1. The van der Waals surface area contributed by atoms with Gasteiger partial charge in [0.2, 0.25) is 0 Å². The molecule has 0 spiro atoms. The van der Waals surface area contributed by atoms with E-state index in [4.69, 9.17) is 14.2 Å². The summed E-state index contributed by atoms with van der Waals surface area (Å²) in [5.41, 5.74) is 0.991. The first-order chi connectivity index (χ1) is 16.2. The minimum absolute atomic E-state index is 0.240. The Kier molecular flexibility index (Phi) is 6.37. The molecule has 1 saturated heterocycles. The number of ether oxygens (including phenoxy) is 3. The number of methoxy groups -OCH3 is 1. The molecule has 0 bridgehead atoms. The standard InChI is InChI=1S/C27H27NO4S/c1-30-23-12-13-24-25(18-23)33-27(19-4-6-20(29)7-5-19)26(24)32-22-10-8-21(9-11-22)31-17-16-28-14-2-3-15-28/h4-13,18,29H,2-3,14-17H2,1H3. The Bertz CT molecular complexity index is 1210. The van der Waals surface area contributed by atoms with Crippen molar-refractivity contribution in [3.8, 4) is 39.2 Å². The van der Waals surface area contributed by atoms with E-state index < -0.39 is 0 Å². The number of aromatic hydroxyl groups is 1. The summed E-state index contributed by atoms with van der Waals surface area (Å²) in [7, 11) is 1.67. The van der Waals surface area contributed by atoms with E-state index in [9.17, 15) is 5.11 Å². The second-order valence-corrected chi connectivity index (χ2v) is 9.19. The first kappa shape index (κ1) is 21.6. The molecule has 0 amide bonds. The van der Waals surface area contributed by atoms with Gasteiger partial charge >= 0.3 is 0 Å². The summed E-state index contributed by atoms with van der Waals surface area (Å²) >= 11 is 1.64. The molecule has 1 fully saturated rings. The molecule has 1 aliphatic rings. The number of hydrogen-bond donors (Lipinski definition) is 1. The van der Waals surface area contributed by atoms with E-state index in [1.54, 1.807) is 30.6 Å². The lowest BCUT2D eigenvalue weighted by atomic mass is 10.1. The van der Waals surface area contributed by atoms with Gasteiger partial charge < -0.3 is 19.3 Å². The maximum atomic E-state index is 9.71. The number of thiophene rings is 1. The molecule has 1 aliphatic heterocycles. The molecule has 5 rings (SSSR count). The molecule has 0 saturated carbocycles. The minimum Gasteiger partial charge on any atom is -0.508 e. The van der Waals surface area contributed by atoms with Crippen LogP contribution in [0.2, 0.25) is 0 Å². The van der Waals surface area contributed by atoms with E-state index in [0.29, 0.717) is 6.61 Å². The largest absolute Gasteiger partial charge is 0.508 e. The van der Waals surface area contributed by atoms with Gasteiger partial charge in [-0.15, -0.1) is 11.3 Å². The minimum atomic E-state index is 0.240. The summed E-state index contributed by atoms with van der Waals surface area (Å²) in [5.74, 6) is 3.44. The van der Waals surface area contributed by atoms with Crippen molar-refractivity contribution in [1.82, 2.24) is 4.90 Å². The average Bonchev–Trinajstić information content (AvgIpc) is 3.48. The summed E-state index contributed by atoms with van der Waals surface area (Å²) < 4.78 is 18.8. The maximum Gasteiger partial charge on any atom is 0.153 e. The second kappa shape index (κ2) is 9.73. The summed E-state index contributed by atoms with van der Waals surface area (Å²) in [5, 5.41) is 10.7. The predicted octanol–water partition coefficient (Wildman–Crippen LogP) is 6.55. The Morgan fingerprint density at radius 3 is 2.30 bits per heavy atom. The fraction of sp³-hybridized carbons (Fsp3) is 0.259. The van der Waals surface area contributed by atoms with Crippen molar-refractivity contribution < 1.29 is 19.3 Å². The highest BCUT2D eigenvalue weighted by molar-refractivity contribution is 7.22. The third kappa shape index (κ3) is 4.92. The smallest absolute Gasteiger partial charge is 0.153 e. The first-order valence-electron chi connectivity index (χ1n) is 11.2. The van der Waals surface area contributed by atoms with Crippen molar-refractivity contribution in [2.45, 2.75) is 12.8 Å². The molecular weight excluding hydrogens is 434 g/mol. The Morgan fingerprint density at radius 1 is 0.879 bits per heavy atom. The van der Waals surface area contributed by atoms with Crippen LogP contribution in [0.25, 0.3) is 20.5 Å². The number of benzene rings is 3. The van der Waals surface area contributed by atoms with Gasteiger partial charge in [0.05, 0.1) is 12.0 Å². The maximum absolute atomic E-state index is 9.71. The molecule has 0 aliphatic carbocycles. The SMILES string of the molecule is COc1ccc2c(Oc3ccc(OCCN4CCCC4)cc3)c(-c3ccc(O)cc3)sc2c1. The van der Waals surface area contributed by atoms with Crippen molar-refractivity contribution >= 4 is 21.4 Å². The van der Waals surface area contributed by atoms with Gasteiger partial charge in [-0.25, -0.2) is 0 Å². The quantitative estimate of drug-likeness (QED) is 0.322. The van der Waals surface area contributed by atoms with E-state index in [-0.39, 0.29) is 5.75 Å². The first-order valence-corrected chi connectivity index (χ1v) is 12.0. The monoisotopic (exact) mass is 461 g/mol. The fourth-order valence-electron chi connectivity index (χ4n) is 4.11. The van der Waals surface area contributed by atoms with Crippen LogP contribution in [-0.2, 0) is 0 Å². The van der Waals surface area contributed by atoms with Crippen LogP contribution in [0.4, 0.5) is 0 Å². The second-order valence-electron chi connectivity index (χ2n) is 8.14. The summed E-state index contributed by atoms with van der Waals surface area (Å²) in [6.07, 6.45) is 2.59. The van der Waals surface area contributed by atoms with Gasteiger partial charge in [0.15, 0.2) is 5.75 Å². The summed E-state index contributed by atoms with van der Waals surface area (Å²) in [4.78, 5) is 3.45. The normalized spacial score (nSPS) is 14.0. The zero-order chi connectivity index (χ0) is 22.6. The molecule has 1 aromatic heterocycles. The van der Waals surface area contributed by atoms with Gasteiger partial charge in [0.25, 0.3) is 0 Å².